The maximum atomic E-state index is 11.7. The van der Waals surface area contributed by atoms with Crippen LogP contribution in [0.25, 0.3) is 0 Å². The number of carbonyl (C=O) groups excluding carboxylic acids is 2. The Morgan fingerprint density at radius 3 is 2.43 bits per heavy atom. The zero-order valence-electron chi connectivity index (χ0n) is 11.7. The molecule has 118 valence electrons. The molecule has 1 heterocycles. The molecular weight excluding hydrogens is 284 g/mol. The number of hydrogen-bond donors (Lipinski definition) is 3. The predicted octanol–water partition coefficient (Wildman–Crippen LogP) is -1.14. The first kappa shape index (κ1) is 15.9. The van der Waals surface area contributed by atoms with Gasteiger partial charge in [-0.05, 0) is 6.42 Å². The number of carboxylic acid groups (broad SMARTS) is 1. The van der Waals surface area contributed by atoms with Crippen molar-refractivity contribution in [1.29, 1.82) is 0 Å². The molecule has 0 aromatic rings. The molecule has 2 unspecified atom stereocenters. The number of aliphatic carboxylic acids is 1. The van der Waals surface area contributed by atoms with Crippen LogP contribution in [0.1, 0.15) is 26.7 Å². The topological polar surface area (TPSA) is 130 Å². The molecule has 1 saturated carbocycles. The number of cyclic esters (lactones) is 1. The summed E-state index contributed by atoms with van der Waals surface area (Å²) in [5.41, 5.74) is -2.67. The first-order chi connectivity index (χ1) is 9.64. The van der Waals surface area contributed by atoms with Gasteiger partial charge >= 0.3 is 11.9 Å². The van der Waals surface area contributed by atoms with E-state index < -0.39 is 47.0 Å². The molecule has 0 aromatic heterocycles. The summed E-state index contributed by atoms with van der Waals surface area (Å²) in [4.78, 5) is 33.5. The Kier molecular flexibility index (Phi) is 3.81. The van der Waals surface area contributed by atoms with E-state index in [0.717, 1.165) is 0 Å². The van der Waals surface area contributed by atoms with Gasteiger partial charge in [0.2, 0.25) is 0 Å². The Balaban J connectivity index is 2.05. The molecule has 2 rings (SSSR count). The van der Waals surface area contributed by atoms with Crippen LogP contribution in [-0.4, -0.2) is 63.6 Å². The SMILES string of the molecule is CC1(C)C(O)[C@]1(O)[C@H]1OC(=O)C(=O)C1OCCCC(=O)O. The average molecular weight is 302 g/mol. The lowest BCUT2D eigenvalue weighted by Gasteiger charge is -2.24. The highest BCUT2D eigenvalue weighted by atomic mass is 16.6. The van der Waals surface area contributed by atoms with Gasteiger partial charge in [-0.3, -0.25) is 9.59 Å². The van der Waals surface area contributed by atoms with Crippen LogP contribution in [0.5, 0.6) is 0 Å². The molecule has 0 spiro atoms. The molecule has 4 atom stereocenters. The lowest BCUT2D eigenvalue weighted by Crippen LogP contribution is -2.44. The Hall–Kier alpha value is -1.51. The minimum Gasteiger partial charge on any atom is -0.481 e. The second kappa shape index (κ2) is 5.04. The molecule has 0 amide bonds. The molecule has 1 saturated heterocycles. The lowest BCUT2D eigenvalue weighted by atomic mass is 9.97. The molecule has 3 N–H and O–H groups in total. The van der Waals surface area contributed by atoms with Crippen molar-refractivity contribution in [2.75, 3.05) is 6.61 Å². The second-order valence-electron chi connectivity index (χ2n) is 5.93. The van der Waals surface area contributed by atoms with Gasteiger partial charge in [0, 0.05) is 18.4 Å². The zero-order valence-corrected chi connectivity index (χ0v) is 11.7. The van der Waals surface area contributed by atoms with Crippen LogP contribution in [0.4, 0.5) is 0 Å². The van der Waals surface area contributed by atoms with Gasteiger partial charge in [-0.2, -0.15) is 0 Å². The molecule has 0 bridgehead atoms. The maximum Gasteiger partial charge on any atom is 0.378 e. The van der Waals surface area contributed by atoms with E-state index in [1.54, 1.807) is 13.8 Å². The third kappa shape index (κ3) is 2.33. The van der Waals surface area contributed by atoms with Crippen molar-refractivity contribution in [2.24, 2.45) is 5.41 Å². The number of ether oxygens (including phenoxy) is 2. The largest absolute Gasteiger partial charge is 0.481 e. The van der Waals surface area contributed by atoms with E-state index >= 15 is 0 Å². The number of rotatable bonds is 6. The van der Waals surface area contributed by atoms with E-state index in [4.69, 9.17) is 14.6 Å². The summed E-state index contributed by atoms with van der Waals surface area (Å²) in [6, 6.07) is 0. The van der Waals surface area contributed by atoms with Gasteiger partial charge in [0.25, 0.3) is 5.78 Å². The third-order valence-corrected chi connectivity index (χ3v) is 4.28. The number of ketones is 1. The highest BCUT2D eigenvalue weighted by molar-refractivity contribution is 6.37. The van der Waals surface area contributed by atoms with Gasteiger partial charge in [-0.25, -0.2) is 4.79 Å². The second-order valence-corrected chi connectivity index (χ2v) is 5.93. The summed E-state index contributed by atoms with van der Waals surface area (Å²) in [6.07, 6.45) is -3.73. The molecule has 1 aliphatic carbocycles. The van der Waals surface area contributed by atoms with Crippen molar-refractivity contribution in [1.82, 2.24) is 0 Å². The number of carbonyl (C=O) groups is 3. The van der Waals surface area contributed by atoms with Crippen LogP contribution < -0.4 is 0 Å². The van der Waals surface area contributed by atoms with E-state index in [-0.39, 0.29) is 19.4 Å². The van der Waals surface area contributed by atoms with Gasteiger partial charge in [0.15, 0.2) is 12.2 Å². The van der Waals surface area contributed by atoms with E-state index in [9.17, 15) is 24.6 Å². The number of aliphatic hydroxyl groups is 2. The van der Waals surface area contributed by atoms with Crippen molar-refractivity contribution in [2.45, 2.75) is 50.6 Å². The van der Waals surface area contributed by atoms with Crippen LogP contribution in [0, 0.1) is 5.41 Å². The fourth-order valence-electron chi connectivity index (χ4n) is 2.68. The van der Waals surface area contributed by atoms with Gasteiger partial charge in [0.05, 0.1) is 6.10 Å². The summed E-state index contributed by atoms with van der Waals surface area (Å²) >= 11 is 0. The number of aliphatic hydroxyl groups excluding tert-OH is 1. The fourth-order valence-corrected chi connectivity index (χ4v) is 2.68. The Morgan fingerprint density at radius 1 is 1.38 bits per heavy atom. The van der Waals surface area contributed by atoms with E-state index in [1.807, 2.05) is 0 Å². The summed E-state index contributed by atoms with van der Waals surface area (Å²) in [5, 5.41) is 28.8. The quantitative estimate of drug-likeness (QED) is 0.319. The minimum absolute atomic E-state index is 0.0670. The van der Waals surface area contributed by atoms with Crippen LogP contribution in [0.3, 0.4) is 0 Å². The van der Waals surface area contributed by atoms with Gasteiger partial charge in [-0.1, -0.05) is 13.8 Å². The molecule has 1 aliphatic heterocycles. The zero-order chi connectivity index (χ0) is 16.0. The van der Waals surface area contributed by atoms with Crippen LogP contribution >= 0.6 is 0 Å². The van der Waals surface area contributed by atoms with E-state index in [0.29, 0.717) is 0 Å². The molecule has 2 fully saturated rings. The summed E-state index contributed by atoms with van der Waals surface area (Å²) in [7, 11) is 0. The first-order valence-corrected chi connectivity index (χ1v) is 6.62. The highest BCUT2D eigenvalue weighted by Gasteiger charge is 2.78. The van der Waals surface area contributed by atoms with Gasteiger partial charge in [0.1, 0.15) is 5.60 Å². The molecule has 8 nitrogen and oxygen atoms in total. The summed E-state index contributed by atoms with van der Waals surface area (Å²) in [6.45, 7) is 3.09. The van der Waals surface area contributed by atoms with Crippen molar-refractivity contribution < 1.29 is 39.2 Å². The molecule has 0 radical (unpaired) electrons. The van der Waals surface area contributed by atoms with Crippen molar-refractivity contribution in [3.63, 3.8) is 0 Å². The van der Waals surface area contributed by atoms with Gasteiger partial charge in [-0.15, -0.1) is 0 Å². The van der Waals surface area contributed by atoms with Crippen molar-refractivity contribution in [3.05, 3.63) is 0 Å². The van der Waals surface area contributed by atoms with Crippen molar-refractivity contribution >= 4 is 17.7 Å². The lowest BCUT2D eigenvalue weighted by molar-refractivity contribution is -0.154. The first-order valence-electron chi connectivity index (χ1n) is 6.62. The molecular formula is C13H18O8. The molecule has 8 heteroatoms. The predicted molar refractivity (Wildman–Crippen MR) is 66.2 cm³/mol. The monoisotopic (exact) mass is 302 g/mol. The fraction of sp³-hybridized carbons (Fsp3) is 0.769. The Morgan fingerprint density at radius 2 is 1.95 bits per heavy atom. The van der Waals surface area contributed by atoms with E-state index in [2.05, 4.69) is 0 Å². The van der Waals surface area contributed by atoms with Crippen LogP contribution in [0.2, 0.25) is 0 Å². The molecule has 0 aromatic carbocycles. The summed E-state index contributed by atoms with van der Waals surface area (Å²) < 4.78 is 10.1. The smallest absolute Gasteiger partial charge is 0.378 e. The Bertz CT molecular complexity index is 485. The van der Waals surface area contributed by atoms with Crippen molar-refractivity contribution in [3.8, 4) is 0 Å². The normalized spacial score (nSPS) is 37.4. The summed E-state index contributed by atoms with van der Waals surface area (Å²) in [5.74, 6) is -3.05. The minimum atomic E-state index is -1.74. The van der Waals surface area contributed by atoms with Crippen LogP contribution in [0.15, 0.2) is 0 Å². The van der Waals surface area contributed by atoms with Crippen LogP contribution in [-0.2, 0) is 23.9 Å². The van der Waals surface area contributed by atoms with Gasteiger partial charge < -0.3 is 24.8 Å². The van der Waals surface area contributed by atoms with E-state index in [1.165, 1.54) is 0 Å². The number of Topliss-reactive ketones (excluding diaryl/α,β-unsaturated/α-hetero) is 1. The Labute approximate surface area is 120 Å². The molecule has 2 aliphatic rings. The average Bonchev–Trinajstić information content (AvgIpc) is 2.67. The number of carboxylic acids is 1. The maximum absolute atomic E-state index is 11.7. The molecule has 21 heavy (non-hydrogen) atoms. The highest BCUT2D eigenvalue weighted by Crippen LogP contribution is 2.59. The standard InChI is InChI=1S/C13H18O8/c1-12(2)11(18)13(12,19)9-8(7(16)10(17)21-9)20-5-3-4-6(14)15/h8-9,11,18-19H,3-5H2,1-2H3,(H,14,15)/t8?,9-,11?,13+/m0/s1. The third-order valence-electron chi connectivity index (χ3n) is 4.28. The number of esters is 1. The number of hydrogen-bond acceptors (Lipinski definition) is 7.